The van der Waals surface area contributed by atoms with Crippen LogP contribution in [0.25, 0.3) is 21.7 Å². The minimum absolute atomic E-state index is 0.364. The van der Waals surface area contributed by atoms with E-state index in [1.54, 1.807) is 25.1 Å². The molecule has 0 spiro atoms. The third-order valence-electron chi connectivity index (χ3n) is 4.12. The standard InChI is InChI=1S/C19H16N4O3S/c1-11-5-6-14-16(10-11)27-19(20-14)21-18(25)12(2)23-17(24)8-7-13(22-23)15-4-3-9-26-15/h3-10,12H,1-2H3,(H,20,21,25). The Balaban J connectivity index is 1.60. The first-order valence-electron chi connectivity index (χ1n) is 8.33. The summed E-state index contributed by atoms with van der Waals surface area (Å²) < 4.78 is 7.44. The number of anilines is 1. The zero-order chi connectivity index (χ0) is 19.0. The van der Waals surface area contributed by atoms with Crippen molar-refractivity contribution < 1.29 is 9.21 Å². The van der Waals surface area contributed by atoms with Gasteiger partial charge in [-0.2, -0.15) is 5.10 Å². The largest absolute Gasteiger partial charge is 0.463 e. The van der Waals surface area contributed by atoms with Gasteiger partial charge in [0.25, 0.3) is 11.5 Å². The lowest BCUT2D eigenvalue weighted by molar-refractivity contribution is -0.119. The first-order valence-corrected chi connectivity index (χ1v) is 9.15. The number of benzene rings is 1. The molecule has 0 saturated carbocycles. The van der Waals surface area contributed by atoms with Crippen molar-refractivity contribution in [2.45, 2.75) is 19.9 Å². The maximum atomic E-state index is 12.6. The molecule has 1 atom stereocenters. The molecule has 4 aromatic rings. The van der Waals surface area contributed by atoms with E-state index in [9.17, 15) is 9.59 Å². The molecule has 1 unspecified atom stereocenters. The Hall–Kier alpha value is -3.26. The van der Waals surface area contributed by atoms with Gasteiger partial charge < -0.3 is 9.73 Å². The molecular formula is C19H16N4O3S. The molecule has 136 valence electrons. The van der Waals surface area contributed by atoms with Gasteiger partial charge in [0.2, 0.25) is 0 Å². The molecule has 0 aliphatic heterocycles. The lowest BCUT2D eigenvalue weighted by Gasteiger charge is -2.13. The third kappa shape index (κ3) is 3.39. The summed E-state index contributed by atoms with van der Waals surface area (Å²) in [5.74, 6) is 0.162. The number of furan rings is 1. The van der Waals surface area contributed by atoms with Crippen molar-refractivity contribution in [1.29, 1.82) is 0 Å². The lowest BCUT2D eigenvalue weighted by Crippen LogP contribution is -2.33. The van der Waals surface area contributed by atoms with Crippen LogP contribution in [-0.2, 0) is 4.79 Å². The van der Waals surface area contributed by atoms with E-state index in [1.165, 1.54) is 23.7 Å². The molecular weight excluding hydrogens is 364 g/mol. The number of aromatic nitrogens is 3. The second-order valence-electron chi connectivity index (χ2n) is 6.13. The van der Waals surface area contributed by atoms with Gasteiger partial charge in [0, 0.05) is 6.07 Å². The molecule has 8 heteroatoms. The van der Waals surface area contributed by atoms with E-state index >= 15 is 0 Å². The van der Waals surface area contributed by atoms with E-state index in [-0.39, 0.29) is 11.5 Å². The Labute approximate surface area is 158 Å². The number of fused-ring (bicyclic) bond motifs is 1. The highest BCUT2D eigenvalue weighted by Gasteiger charge is 2.20. The average molecular weight is 380 g/mol. The van der Waals surface area contributed by atoms with Crippen LogP contribution in [0.2, 0.25) is 0 Å². The number of hydrogen-bond donors (Lipinski definition) is 1. The zero-order valence-corrected chi connectivity index (χ0v) is 15.5. The summed E-state index contributed by atoms with van der Waals surface area (Å²) in [6.45, 7) is 3.62. The van der Waals surface area contributed by atoms with Gasteiger partial charge in [-0.05, 0) is 49.7 Å². The zero-order valence-electron chi connectivity index (χ0n) is 14.7. The highest BCUT2D eigenvalue weighted by molar-refractivity contribution is 7.22. The van der Waals surface area contributed by atoms with Crippen LogP contribution in [0, 0.1) is 6.92 Å². The van der Waals surface area contributed by atoms with Gasteiger partial charge in [-0.3, -0.25) is 9.59 Å². The van der Waals surface area contributed by atoms with E-state index in [2.05, 4.69) is 15.4 Å². The predicted molar refractivity (Wildman–Crippen MR) is 104 cm³/mol. The van der Waals surface area contributed by atoms with Crippen molar-refractivity contribution in [1.82, 2.24) is 14.8 Å². The van der Waals surface area contributed by atoms with Gasteiger partial charge in [-0.1, -0.05) is 17.4 Å². The first kappa shape index (κ1) is 17.2. The summed E-state index contributed by atoms with van der Waals surface area (Å²) in [7, 11) is 0. The molecule has 1 N–H and O–H groups in total. The van der Waals surface area contributed by atoms with Gasteiger partial charge in [0.15, 0.2) is 10.9 Å². The fourth-order valence-corrected chi connectivity index (χ4v) is 3.63. The third-order valence-corrected chi connectivity index (χ3v) is 5.05. The second-order valence-corrected chi connectivity index (χ2v) is 7.16. The van der Waals surface area contributed by atoms with Crippen molar-refractivity contribution in [3.63, 3.8) is 0 Å². The van der Waals surface area contributed by atoms with Crippen LogP contribution >= 0.6 is 11.3 Å². The normalized spacial score (nSPS) is 12.2. The molecule has 27 heavy (non-hydrogen) atoms. The number of amides is 1. The van der Waals surface area contributed by atoms with Crippen molar-refractivity contribution in [2.24, 2.45) is 0 Å². The Kier molecular flexibility index (Phi) is 4.33. The van der Waals surface area contributed by atoms with Crippen molar-refractivity contribution in [3.8, 4) is 11.5 Å². The Morgan fingerprint density at radius 3 is 2.89 bits per heavy atom. The molecule has 3 heterocycles. The fourth-order valence-electron chi connectivity index (χ4n) is 2.66. The molecule has 0 aliphatic rings. The van der Waals surface area contributed by atoms with E-state index in [1.807, 2.05) is 25.1 Å². The topological polar surface area (TPSA) is 90.0 Å². The summed E-state index contributed by atoms with van der Waals surface area (Å²) in [5, 5.41) is 7.53. The quantitative estimate of drug-likeness (QED) is 0.584. The monoisotopic (exact) mass is 380 g/mol. The minimum Gasteiger partial charge on any atom is -0.463 e. The van der Waals surface area contributed by atoms with E-state index in [4.69, 9.17) is 4.42 Å². The van der Waals surface area contributed by atoms with E-state index in [0.717, 1.165) is 20.5 Å². The molecule has 0 saturated heterocycles. The van der Waals surface area contributed by atoms with Crippen molar-refractivity contribution in [3.05, 3.63) is 64.6 Å². The summed E-state index contributed by atoms with van der Waals surface area (Å²) in [6, 6.07) is 11.5. The molecule has 0 bridgehead atoms. The summed E-state index contributed by atoms with van der Waals surface area (Å²) in [6.07, 6.45) is 1.53. The minimum atomic E-state index is -0.804. The highest BCUT2D eigenvalue weighted by atomic mass is 32.1. The first-order chi connectivity index (χ1) is 13.0. The van der Waals surface area contributed by atoms with Gasteiger partial charge in [0.1, 0.15) is 11.7 Å². The molecule has 7 nitrogen and oxygen atoms in total. The summed E-state index contributed by atoms with van der Waals surface area (Å²) in [4.78, 5) is 29.2. The van der Waals surface area contributed by atoms with E-state index < -0.39 is 6.04 Å². The van der Waals surface area contributed by atoms with Gasteiger partial charge in [-0.15, -0.1) is 0 Å². The smallest absolute Gasteiger partial charge is 0.267 e. The van der Waals surface area contributed by atoms with Crippen LogP contribution in [0.4, 0.5) is 5.13 Å². The number of thiazole rings is 1. The molecule has 0 aliphatic carbocycles. The number of hydrogen-bond acceptors (Lipinski definition) is 6. The van der Waals surface area contributed by atoms with Gasteiger partial charge in [0.05, 0.1) is 16.5 Å². The Bertz CT molecular complexity index is 1180. The van der Waals surface area contributed by atoms with Crippen molar-refractivity contribution >= 4 is 32.6 Å². The molecule has 1 amide bonds. The summed E-state index contributed by atoms with van der Waals surface area (Å²) in [5.41, 5.74) is 2.06. The van der Waals surface area contributed by atoms with E-state index in [0.29, 0.717) is 16.6 Å². The molecule has 3 aromatic heterocycles. The van der Waals surface area contributed by atoms with Crippen LogP contribution in [0.3, 0.4) is 0 Å². The molecule has 0 fully saturated rings. The average Bonchev–Trinajstić information content (AvgIpc) is 3.30. The van der Waals surface area contributed by atoms with Crippen LogP contribution in [0.5, 0.6) is 0 Å². The number of nitrogens with one attached hydrogen (secondary N) is 1. The second kappa shape index (κ2) is 6.81. The van der Waals surface area contributed by atoms with Crippen LogP contribution in [0.1, 0.15) is 18.5 Å². The maximum absolute atomic E-state index is 12.6. The molecule has 0 radical (unpaired) electrons. The number of aryl methyl sites for hydroxylation is 1. The van der Waals surface area contributed by atoms with Gasteiger partial charge >= 0.3 is 0 Å². The fraction of sp³-hybridized carbons (Fsp3) is 0.158. The number of rotatable bonds is 4. The van der Waals surface area contributed by atoms with Crippen molar-refractivity contribution in [2.75, 3.05) is 5.32 Å². The Morgan fingerprint density at radius 2 is 2.11 bits per heavy atom. The van der Waals surface area contributed by atoms with Crippen LogP contribution in [-0.4, -0.2) is 20.7 Å². The SMILES string of the molecule is Cc1ccc2nc(NC(=O)C(C)n3nc(-c4ccco4)ccc3=O)sc2c1. The number of carbonyl (C=O) groups is 1. The number of nitrogens with zero attached hydrogens (tertiary/aromatic N) is 3. The highest BCUT2D eigenvalue weighted by Crippen LogP contribution is 2.27. The van der Waals surface area contributed by atoms with Gasteiger partial charge in [-0.25, -0.2) is 9.67 Å². The van der Waals surface area contributed by atoms with Crippen LogP contribution < -0.4 is 10.9 Å². The predicted octanol–water partition coefficient (Wildman–Crippen LogP) is 3.62. The summed E-state index contributed by atoms with van der Waals surface area (Å²) >= 11 is 1.39. The Morgan fingerprint density at radius 1 is 1.26 bits per heavy atom. The molecule has 1 aromatic carbocycles. The maximum Gasteiger partial charge on any atom is 0.267 e. The van der Waals surface area contributed by atoms with Crippen LogP contribution in [0.15, 0.2) is 57.9 Å². The number of carbonyl (C=O) groups excluding carboxylic acids is 1. The molecule has 4 rings (SSSR count). The lowest BCUT2D eigenvalue weighted by atomic mass is 10.2.